The molecular formula is C21H24ClF4N5O2. The van der Waals surface area contributed by atoms with Gasteiger partial charge in [0.2, 0.25) is 0 Å². The van der Waals surface area contributed by atoms with Gasteiger partial charge in [-0.3, -0.25) is 4.90 Å². The number of hydrogen-bond acceptors (Lipinski definition) is 7. The van der Waals surface area contributed by atoms with E-state index in [2.05, 4.69) is 26.8 Å². The highest BCUT2D eigenvalue weighted by atomic mass is 35.5. The van der Waals surface area contributed by atoms with Gasteiger partial charge >= 0.3 is 6.01 Å². The summed E-state index contributed by atoms with van der Waals surface area (Å²) < 4.78 is 68.4. The molecule has 0 radical (unpaired) electrons. The molecule has 2 aromatic rings. The number of halogens is 5. The van der Waals surface area contributed by atoms with Gasteiger partial charge in [-0.1, -0.05) is 11.6 Å². The van der Waals surface area contributed by atoms with Gasteiger partial charge in [-0.2, -0.15) is 9.97 Å². The van der Waals surface area contributed by atoms with E-state index in [1.165, 1.54) is 11.1 Å². The summed E-state index contributed by atoms with van der Waals surface area (Å²) in [6.07, 6.45) is 2.31. The third-order valence-corrected chi connectivity index (χ3v) is 7.04. The zero-order chi connectivity index (χ0) is 23.4. The van der Waals surface area contributed by atoms with E-state index in [9.17, 15) is 17.6 Å². The van der Waals surface area contributed by atoms with Crippen LogP contribution in [0.1, 0.15) is 26.2 Å². The van der Waals surface area contributed by atoms with E-state index >= 15 is 0 Å². The van der Waals surface area contributed by atoms with Gasteiger partial charge in [0.25, 0.3) is 5.92 Å². The van der Waals surface area contributed by atoms with Crippen LogP contribution in [-0.4, -0.2) is 83.0 Å². The maximum absolute atomic E-state index is 14.8. The van der Waals surface area contributed by atoms with Gasteiger partial charge in [-0.15, -0.1) is 0 Å². The van der Waals surface area contributed by atoms with Crippen molar-refractivity contribution in [2.75, 3.05) is 44.4 Å². The van der Waals surface area contributed by atoms with E-state index in [1.54, 1.807) is 0 Å². The molecule has 3 atom stereocenters. The Morgan fingerprint density at radius 3 is 2.97 bits per heavy atom. The highest BCUT2D eigenvalue weighted by molar-refractivity contribution is 6.30. The lowest BCUT2D eigenvalue weighted by Crippen LogP contribution is -2.46. The molecule has 2 aromatic heterocycles. The maximum atomic E-state index is 14.8. The van der Waals surface area contributed by atoms with Gasteiger partial charge in [0.1, 0.15) is 30.7 Å². The number of rotatable bonds is 4. The normalized spacial score (nSPS) is 29.9. The van der Waals surface area contributed by atoms with Gasteiger partial charge in [-0.25, -0.2) is 22.5 Å². The second-order valence-corrected chi connectivity index (χ2v) is 9.50. The molecule has 0 spiro atoms. The van der Waals surface area contributed by atoms with Gasteiger partial charge in [0, 0.05) is 31.7 Å². The summed E-state index contributed by atoms with van der Waals surface area (Å²) in [7, 11) is 0. The smallest absolute Gasteiger partial charge is 0.319 e. The largest absolute Gasteiger partial charge is 0.461 e. The third-order valence-electron chi connectivity index (χ3n) is 6.78. The molecule has 7 nitrogen and oxygen atoms in total. The van der Waals surface area contributed by atoms with Crippen molar-refractivity contribution in [3.63, 3.8) is 0 Å². The van der Waals surface area contributed by atoms with E-state index in [-0.39, 0.29) is 48.5 Å². The fraction of sp³-hybridized carbons (Fsp3) is 0.667. The fourth-order valence-electron chi connectivity index (χ4n) is 5.23. The second-order valence-electron chi connectivity index (χ2n) is 9.14. The Kier molecular flexibility index (Phi) is 5.77. The van der Waals surface area contributed by atoms with Crippen molar-refractivity contribution in [2.24, 2.45) is 0 Å². The number of hydrogen-bond donors (Lipinski definition) is 0. The summed E-state index contributed by atoms with van der Waals surface area (Å²) in [6, 6.07) is 0.0485. The Hall–Kier alpha value is -1.98. The molecule has 0 amide bonds. The van der Waals surface area contributed by atoms with Crippen LogP contribution >= 0.6 is 11.6 Å². The Balaban J connectivity index is 1.51. The first kappa shape index (κ1) is 22.8. The molecule has 33 heavy (non-hydrogen) atoms. The number of anilines is 1. The first-order valence-electron chi connectivity index (χ1n) is 10.9. The highest BCUT2D eigenvalue weighted by Gasteiger charge is 2.52. The minimum Gasteiger partial charge on any atom is -0.461 e. The predicted octanol–water partition coefficient (Wildman–Crippen LogP) is 3.63. The van der Waals surface area contributed by atoms with Crippen molar-refractivity contribution in [2.45, 2.75) is 49.9 Å². The molecule has 0 N–H and O–H groups in total. The summed E-state index contributed by atoms with van der Waals surface area (Å²) >= 11 is 5.84. The average Bonchev–Trinajstić information content (AvgIpc) is 3.17. The van der Waals surface area contributed by atoms with Crippen LogP contribution in [-0.2, 0) is 4.74 Å². The van der Waals surface area contributed by atoms with Crippen LogP contribution in [0.4, 0.5) is 23.4 Å². The number of aromatic nitrogens is 3. The monoisotopic (exact) mass is 489 g/mol. The molecular weight excluding hydrogens is 466 g/mol. The standard InChI is InChI=1S/C21H24ClF4N5O2/c1-12-2-3-20(6-13(23)8-31(12)20)10-33-19-28-16-14(7-27-17(22)15(16)24)18(29-19)30-4-5-32-11-21(25,26)9-30/h7,12-13H,2-6,8-11H2,1H3/t12?,13-,20+/m1/s1. The Labute approximate surface area is 193 Å². The lowest BCUT2D eigenvalue weighted by atomic mass is 9.95. The Bertz CT molecular complexity index is 1060. The molecule has 5 rings (SSSR count). The second kappa shape index (κ2) is 8.35. The lowest BCUT2D eigenvalue weighted by Gasteiger charge is -2.33. The summed E-state index contributed by atoms with van der Waals surface area (Å²) in [5, 5.41) is -0.256. The van der Waals surface area contributed by atoms with E-state index < -0.39 is 41.8 Å². The highest BCUT2D eigenvalue weighted by Crippen LogP contribution is 2.43. The summed E-state index contributed by atoms with van der Waals surface area (Å²) in [5.74, 6) is -3.95. The van der Waals surface area contributed by atoms with Crippen molar-refractivity contribution in [3.05, 3.63) is 17.2 Å². The number of alkyl halides is 3. The average molecular weight is 490 g/mol. The Morgan fingerprint density at radius 2 is 2.15 bits per heavy atom. The van der Waals surface area contributed by atoms with Crippen LogP contribution in [0.3, 0.4) is 0 Å². The summed E-state index contributed by atoms with van der Waals surface area (Å²) in [6.45, 7) is 1.29. The van der Waals surface area contributed by atoms with Gasteiger partial charge in [-0.05, 0) is 19.8 Å². The molecule has 0 aliphatic carbocycles. The number of nitrogens with zero attached hydrogens (tertiary/aromatic N) is 5. The van der Waals surface area contributed by atoms with Crippen molar-refractivity contribution >= 4 is 28.3 Å². The molecule has 3 saturated heterocycles. The van der Waals surface area contributed by atoms with Gasteiger partial charge in [0.05, 0.1) is 24.1 Å². The van der Waals surface area contributed by atoms with Crippen LogP contribution in [0.2, 0.25) is 5.15 Å². The van der Waals surface area contributed by atoms with Crippen molar-refractivity contribution in [1.82, 2.24) is 19.9 Å². The molecule has 5 heterocycles. The Morgan fingerprint density at radius 1 is 1.33 bits per heavy atom. The van der Waals surface area contributed by atoms with Crippen LogP contribution < -0.4 is 9.64 Å². The minimum atomic E-state index is -3.12. The molecule has 180 valence electrons. The molecule has 1 unspecified atom stereocenters. The van der Waals surface area contributed by atoms with Crippen LogP contribution in [0.15, 0.2) is 6.20 Å². The quantitative estimate of drug-likeness (QED) is 0.480. The molecule has 3 aliphatic rings. The van der Waals surface area contributed by atoms with Crippen LogP contribution in [0.25, 0.3) is 10.9 Å². The molecule has 12 heteroatoms. The van der Waals surface area contributed by atoms with E-state index in [1.807, 2.05) is 0 Å². The summed E-state index contributed by atoms with van der Waals surface area (Å²) in [4.78, 5) is 15.7. The van der Waals surface area contributed by atoms with E-state index in [0.29, 0.717) is 13.0 Å². The summed E-state index contributed by atoms with van der Waals surface area (Å²) in [5.41, 5.74) is -0.665. The lowest BCUT2D eigenvalue weighted by molar-refractivity contribution is -0.0564. The predicted molar refractivity (Wildman–Crippen MR) is 113 cm³/mol. The zero-order valence-corrected chi connectivity index (χ0v) is 18.8. The van der Waals surface area contributed by atoms with Crippen LogP contribution in [0.5, 0.6) is 6.01 Å². The first-order chi connectivity index (χ1) is 15.7. The molecule has 0 saturated carbocycles. The van der Waals surface area contributed by atoms with Gasteiger partial charge < -0.3 is 14.4 Å². The zero-order valence-electron chi connectivity index (χ0n) is 18.0. The van der Waals surface area contributed by atoms with Crippen molar-refractivity contribution in [3.8, 4) is 6.01 Å². The van der Waals surface area contributed by atoms with Gasteiger partial charge in [0.15, 0.2) is 11.0 Å². The third kappa shape index (κ3) is 4.19. The number of pyridine rings is 1. The molecule has 0 bridgehead atoms. The van der Waals surface area contributed by atoms with E-state index in [0.717, 1.165) is 12.8 Å². The minimum absolute atomic E-state index is 0.0502. The molecule has 0 aromatic carbocycles. The SMILES string of the molecule is CC1CC[C@@]2(COc3nc(N4CCOCC(F)(F)C4)c4cnc(Cl)c(F)c4n3)C[C@@H](F)CN12. The topological polar surface area (TPSA) is 63.6 Å². The first-order valence-corrected chi connectivity index (χ1v) is 11.3. The van der Waals surface area contributed by atoms with Crippen LogP contribution in [0, 0.1) is 5.82 Å². The molecule has 3 fully saturated rings. The van der Waals surface area contributed by atoms with E-state index in [4.69, 9.17) is 21.1 Å². The van der Waals surface area contributed by atoms with Crippen molar-refractivity contribution < 1.29 is 27.0 Å². The number of ether oxygens (including phenoxy) is 2. The van der Waals surface area contributed by atoms with Crippen molar-refractivity contribution in [1.29, 1.82) is 0 Å². The fourth-order valence-corrected chi connectivity index (χ4v) is 5.36. The molecule has 3 aliphatic heterocycles. The number of fused-ring (bicyclic) bond motifs is 2. The maximum Gasteiger partial charge on any atom is 0.319 e.